The standard InChI is InChI=1S/C8H8N2O4.2C2H6/c1-13-7(11)5-3-10-6(4-9-5)8(12)14-2;2*1-2/h3-4H,1-2H3;2*1-2H3. The molecule has 6 heteroatoms. The van der Waals surface area contributed by atoms with E-state index in [2.05, 4.69) is 19.4 Å². The second kappa shape index (κ2) is 11.5. The van der Waals surface area contributed by atoms with Gasteiger partial charge in [0.1, 0.15) is 0 Å². The highest BCUT2D eigenvalue weighted by Crippen LogP contribution is 1.98. The molecule has 0 unspecified atom stereocenters. The van der Waals surface area contributed by atoms with E-state index in [1.54, 1.807) is 0 Å². The largest absolute Gasteiger partial charge is 0.464 e. The fourth-order valence-electron chi connectivity index (χ4n) is 0.748. The van der Waals surface area contributed by atoms with Crippen molar-refractivity contribution in [2.45, 2.75) is 27.7 Å². The molecule has 0 N–H and O–H groups in total. The average Bonchev–Trinajstić information content (AvgIpc) is 2.49. The average molecular weight is 256 g/mol. The van der Waals surface area contributed by atoms with E-state index in [1.165, 1.54) is 14.2 Å². The topological polar surface area (TPSA) is 78.4 Å². The predicted molar refractivity (Wildman–Crippen MR) is 67.4 cm³/mol. The number of ether oxygens (including phenoxy) is 2. The van der Waals surface area contributed by atoms with Crippen molar-refractivity contribution in [1.82, 2.24) is 9.97 Å². The Morgan fingerprint density at radius 1 is 0.833 bits per heavy atom. The van der Waals surface area contributed by atoms with Crippen molar-refractivity contribution in [1.29, 1.82) is 0 Å². The molecule has 0 aromatic carbocycles. The van der Waals surface area contributed by atoms with E-state index < -0.39 is 11.9 Å². The Labute approximate surface area is 107 Å². The third-order valence-corrected chi connectivity index (χ3v) is 1.44. The number of hydrogen-bond donors (Lipinski definition) is 0. The molecule has 1 rings (SSSR count). The summed E-state index contributed by atoms with van der Waals surface area (Å²) in [5.41, 5.74) is 0.0836. The van der Waals surface area contributed by atoms with Crippen LogP contribution in [0.1, 0.15) is 48.7 Å². The van der Waals surface area contributed by atoms with Gasteiger partial charge in [-0.2, -0.15) is 0 Å². The maximum Gasteiger partial charge on any atom is 0.358 e. The number of carbonyl (C=O) groups excluding carboxylic acids is 2. The number of hydrogen-bond acceptors (Lipinski definition) is 6. The number of esters is 2. The summed E-state index contributed by atoms with van der Waals surface area (Å²) in [7, 11) is 2.47. The highest BCUT2D eigenvalue weighted by Gasteiger charge is 2.11. The maximum atomic E-state index is 10.9. The van der Waals surface area contributed by atoms with Crippen LogP contribution in [0.15, 0.2) is 12.4 Å². The van der Waals surface area contributed by atoms with Crippen molar-refractivity contribution in [2.75, 3.05) is 14.2 Å². The maximum absolute atomic E-state index is 10.9. The number of aromatic nitrogens is 2. The van der Waals surface area contributed by atoms with Crippen LogP contribution in [-0.4, -0.2) is 36.1 Å². The first kappa shape index (κ1) is 18.4. The Balaban J connectivity index is 0. The van der Waals surface area contributed by atoms with Crippen molar-refractivity contribution in [3.8, 4) is 0 Å². The van der Waals surface area contributed by atoms with Gasteiger partial charge in [0, 0.05) is 0 Å². The van der Waals surface area contributed by atoms with Crippen LogP contribution in [0.4, 0.5) is 0 Å². The second-order valence-corrected chi connectivity index (χ2v) is 2.27. The molecule has 0 saturated heterocycles. The van der Waals surface area contributed by atoms with Crippen molar-refractivity contribution in [3.05, 3.63) is 23.8 Å². The van der Waals surface area contributed by atoms with Gasteiger partial charge in [-0.25, -0.2) is 19.6 Å². The van der Waals surface area contributed by atoms with Crippen molar-refractivity contribution < 1.29 is 19.1 Å². The normalized spacial score (nSPS) is 7.89. The lowest BCUT2D eigenvalue weighted by atomic mass is 10.4. The zero-order valence-corrected chi connectivity index (χ0v) is 11.7. The lowest BCUT2D eigenvalue weighted by molar-refractivity contribution is 0.0575. The second-order valence-electron chi connectivity index (χ2n) is 2.27. The summed E-state index contributed by atoms with van der Waals surface area (Å²) < 4.78 is 8.81. The first-order valence-corrected chi connectivity index (χ1v) is 5.67. The van der Waals surface area contributed by atoms with E-state index in [0.29, 0.717) is 0 Å². The van der Waals surface area contributed by atoms with Gasteiger partial charge in [0.05, 0.1) is 26.6 Å². The van der Waals surface area contributed by atoms with Gasteiger partial charge in [0.2, 0.25) is 0 Å². The van der Waals surface area contributed by atoms with Crippen LogP contribution in [0.3, 0.4) is 0 Å². The van der Waals surface area contributed by atoms with Gasteiger partial charge in [0.25, 0.3) is 0 Å². The molecular formula is C12H20N2O4. The Kier molecular flexibility index (Phi) is 11.8. The summed E-state index contributed by atoms with van der Waals surface area (Å²) >= 11 is 0. The number of rotatable bonds is 2. The third-order valence-electron chi connectivity index (χ3n) is 1.44. The molecule has 0 aliphatic carbocycles. The summed E-state index contributed by atoms with van der Waals surface area (Å²) in [5.74, 6) is -1.21. The molecule has 0 spiro atoms. The minimum atomic E-state index is -0.603. The molecule has 0 saturated carbocycles. The fraction of sp³-hybridized carbons (Fsp3) is 0.500. The molecule has 102 valence electrons. The van der Waals surface area contributed by atoms with E-state index >= 15 is 0 Å². The molecule has 1 aromatic rings. The van der Waals surface area contributed by atoms with Crippen molar-refractivity contribution in [2.24, 2.45) is 0 Å². The predicted octanol–water partition coefficient (Wildman–Crippen LogP) is 2.10. The van der Waals surface area contributed by atoms with Gasteiger partial charge in [-0.1, -0.05) is 27.7 Å². The lowest BCUT2D eigenvalue weighted by Crippen LogP contribution is -2.09. The molecule has 18 heavy (non-hydrogen) atoms. The summed E-state index contributed by atoms with van der Waals surface area (Å²) in [6.45, 7) is 8.00. The summed E-state index contributed by atoms with van der Waals surface area (Å²) in [6, 6.07) is 0. The molecule has 0 aliphatic rings. The molecule has 0 radical (unpaired) electrons. The fourth-order valence-corrected chi connectivity index (χ4v) is 0.748. The third kappa shape index (κ3) is 5.93. The van der Waals surface area contributed by atoms with Gasteiger partial charge in [-0.3, -0.25) is 0 Å². The number of nitrogens with zero attached hydrogens (tertiary/aromatic N) is 2. The Morgan fingerprint density at radius 3 is 1.28 bits per heavy atom. The zero-order valence-electron chi connectivity index (χ0n) is 11.7. The Morgan fingerprint density at radius 2 is 1.11 bits per heavy atom. The van der Waals surface area contributed by atoms with Crippen LogP contribution in [0.25, 0.3) is 0 Å². The Bertz CT molecular complexity index is 315. The SMILES string of the molecule is CC.CC.COC(=O)c1cnc(C(=O)OC)cn1. The monoisotopic (exact) mass is 256 g/mol. The van der Waals surface area contributed by atoms with Crippen LogP contribution < -0.4 is 0 Å². The molecule has 0 aliphatic heterocycles. The molecule has 1 heterocycles. The van der Waals surface area contributed by atoms with E-state index in [4.69, 9.17) is 0 Å². The van der Waals surface area contributed by atoms with Gasteiger partial charge in [-0.15, -0.1) is 0 Å². The Hall–Kier alpha value is -1.98. The quantitative estimate of drug-likeness (QED) is 0.754. The van der Waals surface area contributed by atoms with Gasteiger partial charge in [0.15, 0.2) is 11.4 Å². The molecule has 0 amide bonds. The van der Waals surface area contributed by atoms with Gasteiger partial charge in [-0.05, 0) is 0 Å². The van der Waals surface area contributed by atoms with Crippen molar-refractivity contribution >= 4 is 11.9 Å². The van der Waals surface area contributed by atoms with Gasteiger partial charge < -0.3 is 9.47 Å². The minimum Gasteiger partial charge on any atom is -0.464 e. The summed E-state index contributed by atoms with van der Waals surface area (Å²) in [5, 5.41) is 0. The van der Waals surface area contributed by atoms with E-state index in [0.717, 1.165) is 12.4 Å². The van der Waals surface area contributed by atoms with Crippen LogP contribution in [0.5, 0.6) is 0 Å². The lowest BCUT2D eigenvalue weighted by Gasteiger charge is -1.99. The molecule has 0 bridgehead atoms. The van der Waals surface area contributed by atoms with Crippen LogP contribution in [0, 0.1) is 0 Å². The van der Waals surface area contributed by atoms with E-state index in [1.807, 2.05) is 27.7 Å². The first-order valence-electron chi connectivity index (χ1n) is 5.67. The van der Waals surface area contributed by atoms with Crippen LogP contribution in [-0.2, 0) is 9.47 Å². The molecule has 0 fully saturated rings. The molecular weight excluding hydrogens is 236 g/mol. The minimum absolute atomic E-state index is 0.0418. The summed E-state index contributed by atoms with van der Waals surface area (Å²) in [4.78, 5) is 29.2. The van der Waals surface area contributed by atoms with E-state index in [9.17, 15) is 9.59 Å². The van der Waals surface area contributed by atoms with E-state index in [-0.39, 0.29) is 11.4 Å². The van der Waals surface area contributed by atoms with Crippen molar-refractivity contribution in [3.63, 3.8) is 0 Å². The molecule has 6 nitrogen and oxygen atoms in total. The van der Waals surface area contributed by atoms with Gasteiger partial charge >= 0.3 is 11.9 Å². The first-order chi connectivity index (χ1) is 8.69. The highest BCUT2D eigenvalue weighted by molar-refractivity contribution is 5.89. The van der Waals surface area contributed by atoms with Crippen LogP contribution >= 0.6 is 0 Å². The number of carbonyl (C=O) groups is 2. The number of methoxy groups -OCH3 is 2. The summed E-state index contributed by atoms with van der Waals surface area (Å²) in [6.07, 6.45) is 2.30. The molecule has 0 atom stereocenters. The van der Waals surface area contributed by atoms with Crippen LogP contribution in [0.2, 0.25) is 0 Å². The molecule has 1 aromatic heterocycles. The smallest absolute Gasteiger partial charge is 0.358 e. The highest BCUT2D eigenvalue weighted by atomic mass is 16.5. The zero-order chi connectivity index (χ0) is 14.6.